The van der Waals surface area contributed by atoms with Crippen LogP contribution < -0.4 is 15.2 Å². The van der Waals surface area contributed by atoms with Gasteiger partial charge in [-0.05, 0) is 74.1 Å². The third kappa shape index (κ3) is 4.92. The third-order valence-electron chi connectivity index (χ3n) is 7.03. The Balaban J connectivity index is 1.33. The SMILES string of the molecule is O=c1c2ccc(OCC(O)C(F)(F)F)cc2ccn1-c1ccc(N2CC[C@@H](N3CCCC3)C2)c(F)c1. The number of ether oxygens (including phenoxy) is 1. The number of nitrogens with zero attached hydrogens (tertiary/aromatic N) is 3. The van der Waals surface area contributed by atoms with E-state index >= 15 is 4.39 Å². The van der Waals surface area contributed by atoms with Gasteiger partial charge < -0.3 is 14.7 Å². The summed E-state index contributed by atoms with van der Waals surface area (Å²) < 4.78 is 58.9. The van der Waals surface area contributed by atoms with Gasteiger partial charge in [0, 0.05) is 36.8 Å². The summed E-state index contributed by atoms with van der Waals surface area (Å²) in [5.74, 6) is -0.301. The van der Waals surface area contributed by atoms with Gasteiger partial charge in [0.1, 0.15) is 18.2 Å². The van der Waals surface area contributed by atoms with Crippen molar-refractivity contribution < 1.29 is 27.4 Å². The summed E-state index contributed by atoms with van der Waals surface area (Å²) in [4.78, 5) is 17.6. The minimum absolute atomic E-state index is 0.0937. The molecule has 1 aromatic heterocycles. The number of aliphatic hydroxyl groups excluding tert-OH is 1. The molecule has 2 saturated heterocycles. The van der Waals surface area contributed by atoms with Gasteiger partial charge in [-0.2, -0.15) is 13.2 Å². The normalized spacial score (nSPS) is 19.8. The van der Waals surface area contributed by atoms with E-state index in [2.05, 4.69) is 9.80 Å². The number of hydrogen-bond donors (Lipinski definition) is 1. The summed E-state index contributed by atoms with van der Waals surface area (Å²) in [7, 11) is 0. The van der Waals surface area contributed by atoms with Gasteiger partial charge in [0.05, 0.1) is 11.4 Å². The van der Waals surface area contributed by atoms with E-state index in [1.807, 2.05) is 0 Å². The molecule has 5 rings (SSSR count). The summed E-state index contributed by atoms with van der Waals surface area (Å²) in [6.07, 6.45) is -2.45. The van der Waals surface area contributed by atoms with Crippen LogP contribution in [0.15, 0.2) is 53.5 Å². The summed E-state index contributed by atoms with van der Waals surface area (Å²) in [5.41, 5.74) is 0.515. The summed E-state index contributed by atoms with van der Waals surface area (Å²) in [6.45, 7) is 2.84. The minimum atomic E-state index is -4.78. The molecule has 2 fully saturated rings. The zero-order valence-electron chi connectivity index (χ0n) is 19.5. The maximum Gasteiger partial charge on any atom is 0.417 e. The highest BCUT2D eigenvalue weighted by molar-refractivity contribution is 5.83. The average Bonchev–Trinajstić information content (AvgIpc) is 3.54. The Morgan fingerprint density at radius 1 is 1.06 bits per heavy atom. The first-order valence-corrected chi connectivity index (χ1v) is 12.0. The smallest absolute Gasteiger partial charge is 0.417 e. The first-order chi connectivity index (χ1) is 17.2. The van der Waals surface area contributed by atoms with Crippen LogP contribution in [0.1, 0.15) is 19.3 Å². The molecule has 0 spiro atoms. The lowest BCUT2D eigenvalue weighted by Gasteiger charge is -2.25. The molecule has 3 aromatic rings. The van der Waals surface area contributed by atoms with Crippen LogP contribution in [0, 0.1) is 5.82 Å². The van der Waals surface area contributed by atoms with Crippen molar-refractivity contribution in [1.29, 1.82) is 0 Å². The minimum Gasteiger partial charge on any atom is -0.491 e. The zero-order valence-corrected chi connectivity index (χ0v) is 19.5. The van der Waals surface area contributed by atoms with E-state index in [0.29, 0.717) is 28.2 Å². The second-order valence-corrected chi connectivity index (χ2v) is 9.38. The van der Waals surface area contributed by atoms with Crippen molar-refractivity contribution in [3.63, 3.8) is 0 Å². The third-order valence-corrected chi connectivity index (χ3v) is 7.03. The molecule has 192 valence electrons. The highest BCUT2D eigenvalue weighted by Crippen LogP contribution is 2.29. The van der Waals surface area contributed by atoms with E-state index in [1.165, 1.54) is 47.9 Å². The standard InChI is InChI=1S/C26H27F4N3O3/c27-22-14-18(3-6-23(22)32-11-8-19(15-32)31-9-1-2-10-31)33-12-7-17-13-20(4-5-21(17)25(33)35)36-16-24(34)26(28,29)30/h3-7,12-14,19,24,34H,1-2,8-11,15-16H2/t19-,24?/m1/s1. The van der Waals surface area contributed by atoms with Gasteiger partial charge >= 0.3 is 6.18 Å². The fourth-order valence-electron chi connectivity index (χ4n) is 5.06. The van der Waals surface area contributed by atoms with Crippen molar-refractivity contribution in [2.24, 2.45) is 0 Å². The Morgan fingerprint density at radius 2 is 1.83 bits per heavy atom. The van der Waals surface area contributed by atoms with E-state index in [9.17, 15) is 18.0 Å². The number of halogens is 4. The molecule has 10 heteroatoms. The Kier molecular flexibility index (Phi) is 6.65. The molecule has 0 amide bonds. The number of hydrogen-bond acceptors (Lipinski definition) is 5. The molecule has 0 bridgehead atoms. The van der Waals surface area contributed by atoms with Crippen LogP contribution >= 0.6 is 0 Å². The fraction of sp³-hybridized carbons (Fsp3) is 0.423. The molecular formula is C26H27F4N3O3. The van der Waals surface area contributed by atoms with Crippen molar-refractivity contribution in [3.05, 3.63) is 64.8 Å². The quantitative estimate of drug-likeness (QED) is 0.512. The molecule has 2 aliphatic rings. The lowest BCUT2D eigenvalue weighted by Crippen LogP contribution is -2.35. The predicted molar refractivity (Wildman–Crippen MR) is 128 cm³/mol. The Hall–Kier alpha value is -3.11. The predicted octanol–water partition coefficient (Wildman–Crippen LogP) is 4.11. The summed E-state index contributed by atoms with van der Waals surface area (Å²) >= 11 is 0. The van der Waals surface area contributed by atoms with Gasteiger partial charge in [0.25, 0.3) is 5.56 Å². The van der Waals surface area contributed by atoms with Crippen molar-refractivity contribution in [3.8, 4) is 11.4 Å². The maximum absolute atomic E-state index is 15.1. The highest BCUT2D eigenvalue weighted by Gasteiger charge is 2.38. The number of aliphatic hydroxyl groups is 1. The summed E-state index contributed by atoms with van der Waals surface area (Å²) in [5, 5.41) is 9.86. The molecule has 3 heterocycles. The van der Waals surface area contributed by atoms with Crippen LogP contribution in [0.5, 0.6) is 5.75 Å². The van der Waals surface area contributed by atoms with Crippen LogP contribution in [0.2, 0.25) is 0 Å². The second-order valence-electron chi connectivity index (χ2n) is 9.38. The molecule has 0 saturated carbocycles. The van der Waals surface area contributed by atoms with Crippen molar-refractivity contribution in [2.75, 3.05) is 37.7 Å². The van der Waals surface area contributed by atoms with Gasteiger partial charge in [-0.1, -0.05) is 0 Å². The lowest BCUT2D eigenvalue weighted by molar-refractivity contribution is -0.210. The molecule has 2 atom stereocenters. The number of likely N-dealkylation sites (tertiary alicyclic amines) is 1. The maximum atomic E-state index is 15.1. The van der Waals surface area contributed by atoms with Gasteiger partial charge in [0.2, 0.25) is 0 Å². The number of benzene rings is 2. The molecule has 36 heavy (non-hydrogen) atoms. The number of fused-ring (bicyclic) bond motifs is 1. The molecular weight excluding hydrogens is 478 g/mol. The topological polar surface area (TPSA) is 57.9 Å². The van der Waals surface area contributed by atoms with Gasteiger partial charge in [-0.25, -0.2) is 4.39 Å². The molecule has 1 unspecified atom stereocenters. The summed E-state index contributed by atoms with van der Waals surface area (Å²) in [6, 6.07) is 11.1. The van der Waals surface area contributed by atoms with E-state index in [4.69, 9.17) is 9.84 Å². The molecule has 0 radical (unpaired) electrons. The monoisotopic (exact) mass is 505 g/mol. The fourth-order valence-corrected chi connectivity index (χ4v) is 5.06. The van der Waals surface area contributed by atoms with E-state index in [-0.39, 0.29) is 5.75 Å². The van der Waals surface area contributed by atoms with Crippen LogP contribution in [-0.2, 0) is 0 Å². The molecule has 1 N–H and O–H groups in total. The number of pyridine rings is 1. The number of aromatic nitrogens is 1. The van der Waals surface area contributed by atoms with Crippen LogP contribution in [-0.4, -0.2) is 65.7 Å². The van der Waals surface area contributed by atoms with Crippen molar-refractivity contribution >= 4 is 16.5 Å². The molecule has 6 nitrogen and oxygen atoms in total. The van der Waals surface area contributed by atoms with E-state index < -0.39 is 30.3 Å². The Bertz CT molecular complexity index is 1300. The van der Waals surface area contributed by atoms with Gasteiger partial charge in [0.15, 0.2) is 6.10 Å². The van der Waals surface area contributed by atoms with Crippen molar-refractivity contribution in [2.45, 2.75) is 37.6 Å². The number of alkyl halides is 3. The number of rotatable bonds is 6. The first-order valence-electron chi connectivity index (χ1n) is 12.0. The zero-order chi connectivity index (χ0) is 25.4. The lowest BCUT2D eigenvalue weighted by atomic mass is 10.1. The van der Waals surface area contributed by atoms with Crippen molar-refractivity contribution in [1.82, 2.24) is 9.47 Å². The molecule has 2 aliphatic heterocycles. The van der Waals surface area contributed by atoms with Gasteiger partial charge in [-0.3, -0.25) is 14.3 Å². The molecule has 0 aliphatic carbocycles. The van der Waals surface area contributed by atoms with Crippen LogP contribution in [0.25, 0.3) is 16.5 Å². The largest absolute Gasteiger partial charge is 0.491 e. The average molecular weight is 506 g/mol. The van der Waals surface area contributed by atoms with Gasteiger partial charge in [-0.15, -0.1) is 0 Å². The van der Waals surface area contributed by atoms with Crippen LogP contribution in [0.4, 0.5) is 23.2 Å². The van der Waals surface area contributed by atoms with Crippen LogP contribution in [0.3, 0.4) is 0 Å². The first kappa shape index (κ1) is 24.6. The Labute approximate surface area is 205 Å². The van der Waals surface area contributed by atoms with E-state index in [0.717, 1.165) is 32.6 Å². The van der Waals surface area contributed by atoms with E-state index in [1.54, 1.807) is 18.2 Å². The number of anilines is 1. The highest BCUT2D eigenvalue weighted by atomic mass is 19.4. The Morgan fingerprint density at radius 3 is 2.56 bits per heavy atom. The molecule has 2 aromatic carbocycles. The second kappa shape index (κ2) is 9.74.